The number of hydrogen-bond acceptors (Lipinski definition) is 6. The predicted molar refractivity (Wildman–Crippen MR) is 71.1 cm³/mol. The van der Waals surface area contributed by atoms with Gasteiger partial charge in [-0.15, -0.1) is 0 Å². The lowest BCUT2D eigenvalue weighted by Crippen LogP contribution is -2.33. The van der Waals surface area contributed by atoms with Gasteiger partial charge < -0.3 is 18.9 Å². The molecule has 1 aliphatic carbocycles. The van der Waals surface area contributed by atoms with Crippen molar-refractivity contribution >= 4 is 11.9 Å². The molecular formula is C15H16O6. The van der Waals surface area contributed by atoms with Crippen molar-refractivity contribution in [3.63, 3.8) is 0 Å². The molecule has 2 unspecified atom stereocenters. The number of methoxy groups -OCH3 is 3. The molecule has 2 aliphatic rings. The largest absolute Gasteiger partial charge is 0.493 e. The lowest BCUT2D eigenvalue weighted by molar-refractivity contribution is -0.155. The highest BCUT2D eigenvalue weighted by atomic mass is 16.6. The summed E-state index contributed by atoms with van der Waals surface area (Å²) in [6, 6.07) is 3.59. The van der Waals surface area contributed by atoms with Gasteiger partial charge in [0, 0.05) is 5.56 Å². The van der Waals surface area contributed by atoms with Crippen LogP contribution in [0.25, 0.3) is 0 Å². The first-order valence-corrected chi connectivity index (χ1v) is 6.58. The predicted octanol–water partition coefficient (Wildman–Crippen LogP) is 1.41. The molecule has 2 atom stereocenters. The number of carbonyl (C=O) groups excluding carboxylic acids is 2. The van der Waals surface area contributed by atoms with E-state index >= 15 is 0 Å². The third-order valence-corrected chi connectivity index (χ3v) is 4.24. The van der Waals surface area contributed by atoms with Crippen molar-refractivity contribution < 1.29 is 28.5 Å². The summed E-state index contributed by atoms with van der Waals surface area (Å²) in [6.45, 7) is 0. The van der Waals surface area contributed by atoms with Crippen LogP contribution in [0.15, 0.2) is 12.1 Å². The molecule has 0 radical (unpaired) electrons. The van der Waals surface area contributed by atoms with Gasteiger partial charge in [0.25, 0.3) is 0 Å². The van der Waals surface area contributed by atoms with E-state index in [4.69, 9.17) is 18.9 Å². The van der Waals surface area contributed by atoms with E-state index in [0.29, 0.717) is 17.9 Å². The quantitative estimate of drug-likeness (QED) is 0.784. The summed E-state index contributed by atoms with van der Waals surface area (Å²) in [4.78, 5) is 23.9. The molecule has 0 spiro atoms. The molecule has 1 heterocycles. The van der Waals surface area contributed by atoms with Crippen LogP contribution >= 0.6 is 0 Å². The molecule has 6 heteroatoms. The highest BCUT2D eigenvalue weighted by molar-refractivity contribution is 5.89. The minimum absolute atomic E-state index is 0.0314. The second-order valence-electron chi connectivity index (χ2n) is 5.28. The zero-order valence-electron chi connectivity index (χ0n) is 12.1. The Hall–Kier alpha value is -2.24. The standard InChI is InChI=1S/C15H16O6/c1-18-10-4-8-6-15(14(17)20-3)7-12(16)21-13(15)9(8)5-11(10)19-2/h4-5,13H,6-7H2,1-3H3. The van der Waals surface area contributed by atoms with Gasteiger partial charge in [0.2, 0.25) is 0 Å². The first-order valence-electron chi connectivity index (χ1n) is 6.58. The summed E-state index contributed by atoms with van der Waals surface area (Å²) < 4.78 is 20.8. The van der Waals surface area contributed by atoms with E-state index in [2.05, 4.69) is 0 Å². The Morgan fingerprint density at radius 3 is 2.48 bits per heavy atom. The van der Waals surface area contributed by atoms with Gasteiger partial charge >= 0.3 is 11.9 Å². The zero-order chi connectivity index (χ0) is 15.2. The number of esters is 2. The Morgan fingerprint density at radius 1 is 1.19 bits per heavy atom. The molecule has 0 N–H and O–H groups in total. The van der Waals surface area contributed by atoms with E-state index in [0.717, 1.165) is 11.1 Å². The Balaban J connectivity index is 2.12. The van der Waals surface area contributed by atoms with E-state index in [9.17, 15) is 9.59 Å². The van der Waals surface area contributed by atoms with Crippen LogP contribution in [0, 0.1) is 5.41 Å². The fourth-order valence-electron chi connectivity index (χ4n) is 3.28. The van der Waals surface area contributed by atoms with Crippen LogP contribution in [0.3, 0.4) is 0 Å². The molecule has 0 bridgehead atoms. The highest BCUT2D eigenvalue weighted by Gasteiger charge is 2.60. The maximum atomic E-state index is 12.2. The zero-order valence-corrected chi connectivity index (χ0v) is 12.1. The molecule has 0 aromatic heterocycles. The molecule has 6 nitrogen and oxygen atoms in total. The van der Waals surface area contributed by atoms with Crippen LogP contribution in [-0.2, 0) is 25.5 Å². The number of benzene rings is 1. The van der Waals surface area contributed by atoms with E-state index in [1.165, 1.54) is 14.2 Å². The average molecular weight is 292 g/mol. The smallest absolute Gasteiger partial charge is 0.316 e. The minimum atomic E-state index is -0.967. The van der Waals surface area contributed by atoms with Gasteiger partial charge in [0.15, 0.2) is 11.5 Å². The minimum Gasteiger partial charge on any atom is -0.493 e. The normalized spacial score (nSPS) is 25.9. The van der Waals surface area contributed by atoms with Crippen molar-refractivity contribution in [2.24, 2.45) is 5.41 Å². The van der Waals surface area contributed by atoms with Gasteiger partial charge in [0.05, 0.1) is 27.8 Å². The van der Waals surface area contributed by atoms with E-state index < -0.39 is 17.5 Å². The fourth-order valence-corrected chi connectivity index (χ4v) is 3.28. The van der Waals surface area contributed by atoms with Crippen LogP contribution in [0.1, 0.15) is 23.7 Å². The lowest BCUT2D eigenvalue weighted by Gasteiger charge is -2.22. The fraction of sp³-hybridized carbons (Fsp3) is 0.467. The molecule has 1 saturated heterocycles. The number of carbonyl (C=O) groups is 2. The molecule has 1 aromatic rings. The Morgan fingerprint density at radius 2 is 1.86 bits per heavy atom. The first-order chi connectivity index (χ1) is 10.1. The van der Waals surface area contributed by atoms with Gasteiger partial charge in [0.1, 0.15) is 11.5 Å². The van der Waals surface area contributed by atoms with Crippen LogP contribution in [-0.4, -0.2) is 33.3 Å². The topological polar surface area (TPSA) is 71.1 Å². The third-order valence-electron chi connectivity index (χ3n) is 4.24. The molecular weight excluding hydrogens is 276 g/mol. The summed E-state index contributed by atoms with van der Waals surface area (Å²) in [5.41, 5.74) is 0.727. The summed E-state index contributed by atoms with van der Waals surface area (Å²) in [5, 5.41) is 0. The van der Waals surface area contributed by atoms with Crippen molar-refractivity contribution in [3.8, 4) is 11.5 Å². The Bertz CT molecular complexity index is 623. The van der Waals surface area contributed by atoms with Crippen molar-refractivity contribution in [1.29, 1.82) is 0 Å². The molecule has 1 aliphatic heterocycles. The summed E-state index contributed by atoms with van der Waals surface area (Å²) >= 11 is 0. The average Bonchev–Trinajstić information content (AvgIpc) is 2.96. The number of ether oxygens (including phenoxy) is 4. The SMILES string of the molecule is COC(=O)C12CC(=O)OC1c1cc(OC)c(OC)cc1C2. The molecule has 21 heavy (non-hydrogen) atoms. The summed E-state index contributed by atoms with van der Waals surface area (Å²) in [6.07, 6.45) is -0.192. The molecule has 1 aromatic carbocycles. The third kappa shape index (κ3) is 1.78. The second kappa shape index (κ2) is 4.65. The molecule has 0 amide bonds. The van der Waals surface area contributed by atoms with Crippen molar-refractivity contribution in [1.82, 2.24) is 0 Å². The van der Waals surface area contributed by atoms with E-state index in [1.807, 2.05) is 6.07 Å². The lowest BCUT2D eigenvalue weighted by atomic mass is 9.81. The van der Waals surface area contributed by atoms with Crippen LogP contribution < -0.4 is 9.47 Å². The molecule has 0 saturated carbocycles. The van der Waals surface area contributed by atoms with Gasteiger partial charge in [-0.25, -0.2) is 0 Å². The van der Waals surface area contributed by atoms with Gasteiger partial charge in [-0.2, -0.15) is 0 Å². The second-order valence-corrected chi connectivity index (χ2v) is 5.28. The Labute approximate surface area is 121 Å². The van der Waals surface area contributed by atoms with Gasteiger partial charge in [-0.05, 0) is 24.1 Å². The number of rotatable bonds is 3. The molecule has 112 valence electrons. The maximum Gasteiger partial charge on any atom is 0.316 e. The van der Waals surface area contributed by atoms with Crippen molar-refractivity contribution in [2.45, 2.75) is 18.9 Å². The van der Waals surface area contributed by atoms with Crippen LogP contribution in [0.4, 0.5) is 0 Å². The van der Waals surface area contributed by atoms with E-state index in [1.54, 1.807) is 13.2 Å². The van der Waals surface area contributed by atoms with Crippen molar-refractivity contribution in [3.05, 3.63) is 23.3 Å². The monoisotopic (exact) mass is 292 g/mol. The van der Waals surface area contributed by atoms with E-state index in [-0.39, 0.29) is 12.4 Å². The van der Waals surface area contributed by atoms with Gasteiger partial charge in [-0.1, -0.05) is 0 Å². The molecule has 3 rings (SSSR count). The van der Waals surface area contributed by atoms with Crippen molar-refractivity contribution in [2.75, 3.05) is 21.3 Å². The number of hydrogen-bond donors (Lipinski definition) is 0. The number of fused-ring (bicyclic) bond motifs is 3. The van der Waals surface area contributed by atoms with Crippen LogP contribution in [0.2, 0.25) is 0 Å². The van der Waals surface area contributed by atoms with Gasteiger partial charge in [-0.3, -0.25) is 9.59 Å². The maximum absolute atomic E-state index is 12.2. The highest BCUT2D eigenvalue weighted by Crippen LogP contribution is 2.56. The molecule has 1 fully saturated rings. The Kier molecular flexibility index (Phi) is 3.04. The summed E-state index contributed by atoms with van der Waals surface area (Å²) in [7, 11) is 4.41. The first kappa shape index (κ1) is 13.7. The van der Waals surface area contributed by atoms with Crippen LogP contribution in [0.5, 0.6) is 11.5 Å². The summed E-state index contributed by atoms with van der Waals surface area (Å²) in [5.74, 6) is 0.320.